The van der Waals surface area contributed by atoms with Gasteiger partial charge in [-0.05, 0) is 107 Å². The van der Waals surface area contributed by atoms with E-state index in [-0.39, 0.29) is 11.9 Å². The van der Waals surface area contributed by atoms with E-state index < -0.39 is 11.0 Å². The van der Waals surface area contributed by atoms with Crippen LogP contribution in [0.1, 0.15) is 68.6 Å². The summed E-state index contributed by atoms with van der Waals surface area (Å²) in [5.74, 6) is 1.32. The Hall–Kier alpha value is -1.63. The lowest BCUT2D eigenvalue weighted by molar-refractivity contribution is -0.149. The summed E-state index contributed by atoms with van der Waals surface area (Å²) < 4.78 is 0. The molecule has 1 saturated carbocycles. The van der Waals surface area contributed by atoms with Gasteiger partial charge in [-0.15, -0.1) is 0 Å². The number of phenolic OH excluding ortho intramolecular Hbond substituents is 1. The average Bonchev–Trinajstić information content (AvgIpc) is 3.56. The first-order chi connectivity index (χ1) is 16.3. The molecule has 0 spiro atoms. The Morgan fingerprint density at radius 3 is 2.56 bits per heavy atom. The zero-order chi connectivity index (χ0) is 23.7. The molecule has 2 aliphatic carbocycles. The number of hydrogen-bond donors (Lipinski definition) is 2. The molecule has 0 unspecified atom stereocenters. The van der Waals surface area contributed by atoms with E-state index in [9.17, 15) is 15.0 Å². The molecule has 6 nitrogen and oxygen atoms in total. The topological polar surface area (TPSA) is 67.2 Å². The Balaban J connectivity index is 1.33. The van der Waals surface area contributed by atoms with Gasteiger partial charge in [0.15, 0.2) is 0 Å². The third kappa shape index (κ3) is 3.51. The molecule has 3 heterocycles. The van der Waals surface area contributed by atoms with Crippen molar-refractivity contribution in [1.29, 1.82) is 0 Å². The fourth-order valence-corrected chi connectivity index (χ4v) is 7.80. The molecule has 3 saturated heterocycles. The Morgan fingerprint density at radius 1 is 1.06 bits per heavy atom. The quantitative estimate of drug-likeness (QED) is 0.713. The number of phenols is 1. The monoisotopic (exact) mass is 467 g/mol. The summed E-state index contributed by atoms with van der Waals surface area (Å²) in [6.45, 7) is 9.11. The van der Waals surface area contributed by atoms with Crippen LogP contribution in [0.2, 0.25) is 0 Å². The van der Waals surface area contributed by atoms with Crippen LogP contribution in [-0.4, -0.2) is 87.8 Å². The summed E-state index contributed by atoms with van der Waals surface area (Å²) >= 11 is 0. The summed E-state index contributed by atoms with van der Waals surface area (Å²) in [6, 6.07) is 4.68. The van der Waals surface area contributed by atoms with Gasteiger partial charge in [0.1, 0.15) is 5.75 Å². The van der Waals surface area contributed by atoms with Gasteiger partial charge in [0, 0.05) is 37.1 Å². The third-order valence-corrected chi connectivity index (χ3v) is 10.1. The van der Waals surface area contributed by atoms with Crippen molar-refractivity contribution in [3.8, 4) is 5.75 Å². The summed E-state index contributed by atoms with van der Waals surface area (Å²) in [4.78, 5) is 20.3. The van der Waals surface area contributed by atoms with Crippen LogP contribution in [0.5, 0.6) is 5.75 Å². The number of aromatic hydroxyl groups is 1. The van der Waals surface area contributed by atoms with Crippen molar-refractivity contribution in [2.45, 2.75) is 88.3 Å². The number of hydrogen-bond acceptors (Lipinski definition) is 5. The normalized spacial score (nSPS) is 36.1. The van der Waals surface area contributed by atoms with E-state index in [1.54, 1.807) is 0 Å². The Kier molecular flexibility index (Phi) is 5.51. The van der Waals surface area contributed by atoms with E-state index >= 15 is 0 Å². The fourth-order valence-electron chi connectivity index (χ4n) is 7.80. The third-order valence-electron chi connectivity index (χ3n) is 10.1. The Morgan fingerprint density at radius 2 is 1.82 bits per heavy atom. The lowest BCUT2D eigenvalue weighted by atomic mass is 9.52. The van der Waals surface area contributed by atoms with E-state index in [2.05, 4.69) is 22.8 Å². The second-order valence-electron chi connectivity index (χ2n) is 12.1. The Labute approximate surface area is 203 Å². The van der Waals surface area contributed by atoms with E-state index in [0.717, 1.165) is 55.9 Å². The minimum Gasteiger partial charge on any atom is -0.508 e. The summed E-state index contributed by atoms with van der Waals surface area (Å²) in [5.41, 5.74) is 2.08. The highest BCUT2D eigenvalue weighted by Crippen LogP contribution is 2.57. The average molecular weight is 468 g/mol. The summed E-state index contributed by atoms with van der Waals surface area (Å²) in [6.07, 6.45) is 8.10. The van der Waals surface area contributed by atoms with Gasteiger partial charge >= 0.3 is 0 Å². The molecule has 6 rings (SSSR count). The van der Waals surface area contributed by atoms with Gasteiger partial charge < -0.3 is 15.1 Å². The number of rotatable bonds is 4. The number of carbonyl (C=O) groups is 1. The number of nitrogens with zero attached hydrogens (tertiary/aromatic N) is 3. The molecule has 2 N–H and O–H groups in total. The molecule has 4 fully saturated rings. The van der Waals surface area contributed by atoms with Gasteiger partial charge in [-0.2, -0.15) is 0 Å². The highest BCUT2D eigenvalue weighted by Gasteiger charge is 2.63. The molecule has 0 radical (unpaired) electrons. The molecule has 0 aromatic heterocycles. The predicted octanol–water partition coefficient (Wildman–Crippen LogP) is 2.82. The molecule has 1 amide bonds. The number of amides is 1. The molecular formula is C28H41N3O3. The summed E-state index contributed by atoms with van der Waals surface area (Å²) in [5, 5.41) is 23.3. The number of likely N-dealkylation sites (tertiary alicyclic amines) is 3. The first kappa shape index (κ1) is 22.8. The van der Waals surface area contributed by atoms with Gasteiger partial charge in [-0.3, -0.25) is 14.6 Å². The molecule has 34 heavy (non-hydrogen) atoms. The second kappa shape index (κ2) is 8.21. The molecule has 3 aliphatic heterocycles. The van der Waals surface area contributed by atoms with E-state index in [1.165, 1.54) is 31.2 Å². The van der Waals surface area contributed by atoms with Gasteiger partial charge in [0.05, 0.1) is 12.1 Å². The number of aryl methyl sites for hydroxylation is 1. The standard InChI is InChI=1S/C28H41N3O3/c1-19-14-22-15-25-28(34)9-13-29(26(33)18-30-10-3-4-20(30)2)11-7-27(28,23(22)16-24(19)32)8-12-31(25)17-21-5-6-21/h14,16,20-21,25,32,34H,3-13,15,17-18H2,1-2H3/t20-,25-,27+,28-/m1/s1. The number of aliphatic hydroxyl groups is 1. The van der Waals surface area contributed by atoms with Crippen molar-refractivity contribution in [2.75, 3.05) is 39.3 Å². The van der Waals surface area contributed by atoms with Crippen molar-refractivity contribution < 1.29 is 15.0 Å². The van der Waals surface area contributed by atoms with Crippen LogP contribution in [0.25, 0.3) is 0 Å². The van der Waals surface area contributed by atoms with Crippen molar-refractivity contribution in [1.82, 2.24) is 14.7 Å². The number of fused-ring (bicyclic) bond motifs is 1. The van der Waals surface area contributed by atoms with Crippen LogP contribution >= 0.6 is 0 Å². The van der Waals surface area contributed by atoms with Gasteiger partial charge in [-0.25, -0.2) is 0 Å². The Bertz CT molecular complexity index is 978. The van der Waals surface area contributed by atoms with Crippen LogP contribution in [-0.2, 0) is 16.6 Å². The summed E-state index contributed by atoms with van der Waals surface area (Å²) in [7, 11) is 0. The van der Waals surface area contributed by atoms with Crippen molar-refractivity contribution >= 4 is 5.91 Å². The molecular weight excluding hydrogens is 426 g/mol. The largest absolute Gasteiger partial charge is 0.508 e. The minimum atomic E-state index is -0.870. The molecule has 1 aromatic rings. The van der Waals surface area contributed by atoms with E-state index in [0.29, 0.717) is 37.8 Å². The van der Waals surface area contributed by atoms with Crippen LogP contribution in [0, 0.1) is 12.8 Å². The predicted molar refractivity (Wildman–Crippen MR) is 132 cm³/mol. The fraction of sp³-hybridized carbons (Fsp3) is 0.750. The SMILES string of the molecule is Cc1cc2c(cc1O)[C@@]13CCN(C(=O)CN4CCC[C@H]4C)CC[C@@]1(O)[C@@H](C2)N(CC1CC1)CC3. The van der Waals surface area contributed by atoms with Crippen LogP contribution in [0.3, 0.4) is 0 Å². The van der Waals surface area contributed by atoms with Crippen molar-refractivity contribution in [2.24, 2.45) is 5.92 Å². The maximum absolute atomic E-state index is 13.4. The van der Waals surface area contributed by atoms with E-state index in [1.807, 2.05) is 17.9 Å². The lowest BCUT2D eigenvalue weighted by Gasteiger charge is -2.61. The van der Waals surface area contributed by atoms with Crippen LogP contribution in [0.15, 0.2) is 12.1 Å². The number of piperidine rings is 1. The van der Waals surface area contributed by atoms with E-state index in [4.69, 9.17) is 0 Å². The maximum atomic E-state index is 13.4. The van der Waals surface area contributed by atoms with Gasteiger partial charge in [-0.1, -0.05) is 6.07 Å². The second-order valence-corrected chi connectivity index (χ2v) is 12.1. The smallest absolute Gasteiger partial charge is 0.236 e. The first-order valence-corrected chi connectivity index (χ1v) is 13.6. The minimum absolute atomic E-state index is 0.0898. The van der Waals surface area contributed by atoms with Crippen LogP contribution in [0.4, 0.5) is 0 Å². The molecule has 6 heteroatoms. The van der Waals surface area contributed by atoms with Crippen LogP contribution < -0.4 is 0 Å². The number of carbonyl (C=O) groups excluding carboxylic acids is 1. The van der Waals surface area contributed by atoms with Crippen molar-refractivity contribution in [3.63, 3.8) is 0 Å². The van der Waals surface area contributed by atoms with Gasteiger partial charge in [0.25, 0.3) is 0 Å². The first-order valence-electron chi connectivity index (χ1n) is 13.6. The molecule has 186 valence electrons. The lowest BCUT2D eigenvalue weighted by Crippen LogP contribution is -2.71. The highest BCUT2D eigenvalue weighted by molar-refractivity contribution is 5.78. The maximum Gasteiger partial charge on any atom is 0.236 e. The molecule has 1 aromatic carbocycles. The molecule has 2 bridgehead atoms. The highest BCUT2D eigenvalue weighted by atomic mass is 16.3. The van der Waals surface area contributed by atoms with Crippen molar-refractivity contribution in [3.05, 3.63) is 28.8 Å². The zero-order valence-corrected chi connectivity index (χ0v) is 20.9. The zero-order valence-electron chi connectivity index (χ0n) is 20.9. The molecule has 5 aliphatic rings. The number of benzene rings is 1. The molecule has 4 atom stereocenters. The van der Waals surface area contributed by atoms with Gasteiger partial charge in [0.2, 0.25) is 5.91 Å².